The number of hydrogen-bond donors (Lipinski definition) is 1. The van der Waals surface area contributed by atoms with Crippen molar-refractivity contribution in [2.24, 2.45) is 0 Å². The molecule has 0 aliphatic carbocycles. The van der Waals surface area contributed by atoms with Gasteiger partial charge < -0.3 is 14.8 Å². The Balaban J connectivity index is 2.23. The molecule has 2 aromatic carbocycles. The molecule has 1 N–H and O–H groups in total. The maximum Gasteiger partial charge on any atom is 0.339 e. The largest absolute Gasteiger partial charge is 0.465 e. The molecule has 0 radical (unpaired) electrons. The molecule has 134 valence electrons. The summed E-state index contributed by atoms with van der Waals surface area (Å²) < 4.78 is 10.3. The van der Waals surface area contributed by atoms with Crippen LogP contribution in [0.25, 0.3) is 0 Å². The molecular formula is C19H16BrNO5. The molecule has 26 heavy (non-hydrogen) atoms. The van der Waals surface area contributed by atoms with Crippen LogP contribution in [0, 0.1) is 0 Å². The van der Waals surface area contributed by atoms with Crippen molar-refractivity contribution in [2.45, 2.75) is 0 Å². The van der Waals surface area contributed by atoms with E-state index >= 15 is 0 Å². The van der Waals surface area contributed by atoms with Crippen molar-refractivity contribution in [1.29, 1.82) is 0 Å². The zero-order chi connectivity index (χ0) is 19.1. The number of ether oxygens (including phenoxy) is 2. The first-order valence-electron chi connectivity index (χ1n) is 7.50. The molecule has 0 saturated carbocycles. The van der Waals surface area contributed by atoms with Gasteiger partial charge in [0.05, 0.1) is 31.0 Å². The Bertz CT molecular complexity index is 859. The zero-order valence-electron chi connectivity index (χ0n) is 14.1. The van der Waals surface area contributed by atoms with Crippen molar-refractivity contribution in [2.75, 3.05) is 19.5 Å². The van der Waals surface area contributed by atoms with Crippen LogP contribution in [0.15, 0.2) is 59.2 Å². The van der Waals surface area contributed by atoms with Crippen LogP contribution in [-0.2, 0) is 9.47 Å². The molecule has 0 bridgehead atoms. The van der Waals surface area contributed by atoms with Gasteiger partial charge in [-0.3, -0.25) is 4.79 Å². The van der Waals surface area contributed by atoms with Crippen molar-refractivity contribution in [3.8, 4) is 0 Å². The van der Waals surface area contributed by atoms with Gasteiger partial charge in [0.1, 0.15) is 0 Å². The summed E-state index contributed by atoms with van der Waals surface area (Å²) in [4.78, 5) is 35.7. The van der Waals surface area contributed by atoms with Crippen molar-refractivity contribution in [1.82, 2.24) is 0 Å². The van der Waals surface area contributed by atoms with E-state index in [1.165, 1.54) is 44.7 Å². The summed E-state index contributed by atoms with van der Waals surface area (Å²) in [6, 6.07) is 11.3. The third kappa shape index (κ3) is 4.80. The predicted octanol–water partition coefficient (Wildman–Crippen LogP) is 3.83. The minimum absolute atomic E-state index is 0.214. The number of benzene rings is 2. The molecule has 0 heterocycles. The third-order valence-corrected chi connectivity index (χ3v) is 3.98. The van der Waals surface area contributed by atoms with E-state index in [0.29, 0.717) is 11.3 Å². The van der Waals surface area contributed by atoms with Crippen molar-refractivity contribution < 1.29 is 23.9 Å². The van der Waals surface area contributed by atoms with Crippen molar-refractivity contribution >= 4 is 39.3 Å². The molecule has 7 heteroatoms. The Kier molecular flexibility index (Phi) is 6.68. The van der Waals surface area contributed by atoms with E-state index in [0.717, 1.165) is 4.47 Å². The molecule has 2 aromatic rings. The smallest absolute Gasteiger partial charge is 0.339 e. The minimum Gasteiger partial charge on any atom is -0.465 e. The van der Waals surface area contributed by atoms with Crippen molar-refractivity contribution in [3.05, 3.63) is 75.9 Å². The summed E-state index contributed by atoms with van der Waals surface area (Å²) in [5.41, 5.74) is 1.32. The molecule has 0 unspecified atom stereocenters. The fourth-order valence-corrected chi connectivity index (χ4v) is 2.38. The van der Waals surface area contributed by atoms with E-state index in [9.17, 15) is 14.4 Å². The molecule has 0 amide bonds. The molecule has 6 nitrogen and oxygen atoms in total. The average molecular weight is 418 g/mol. The van der Waals surface area contributed by atoms with E-state index in [1.54, 1.807) is 24.3 Å². The second-order valence-electron chi connectivity index (χ2n) is 5.09. The average Bonchev–Trinajstić information content (AvgIpc) is 2.67. The Morgan fingerprint density at radius 1 is 0.923 bits per heavy atom. The van der Waals surface area contributed by atoms with E-state index in [-0.39, 0.29) is 16.9 Å². The highest BCUT2D eigenvalue weighted by atomic mass is 79.9. The van der Waals surface area contributed by atoms with Crippen LogP contribution in [0.5, 0.6) is 0 Å². The van der Waals surface area contributed by atoms with Crippen LogP contribution in [0.2, 0.25) is 0 Å². The molecule has 0 aliphatic rings. The minimum atomic E-state index is -0.573. The van der Waals surface area contributed by atoms with Gasteiger partial charge in [0.2, 0.25) is 0 Å². The summed E-state index contributed by atoms with van der Waals surface area (Å²) in [5, 5.41) is 2.84. The Hall–Kier alpha value is -2.93. The van der Waals surface area contributed by atoms with E-state index in [1.807, 2.05) is 0 Å². The van der Waals surface area contributed by atoms with Gasteiger partial charge in [-0.05, 0) is 42.5 Å². The van der Waals surface area contributed by atoms with E-state index < -0.39 is 11.9 Å². The van der Waals surface area contributed by atoms with E-state index in [2.05, 4.69) is 26.0 Å². The molecule has 2 rings (SSSR count). The van der Waals surface area contributed by atoms with Gasteiger partial charge in [-0.2, -0.15) is 0 Å². The number of nitrogens with one attached hydrogen (secondary N) is 1. The third-order valence-electron chi connectivity index (χ3n) is 3.45. The predicted molar refractivity (Wildman–Crippen MR) is 100 cm³/mol. The van der Waals surface area contributed by atoms with Gasteiger partial charge in [-0.1, -0.05) is 15.9 Å². The lowest BCUT2D eigenvalue weighted by atomic mass is 10.1. The summed E-state index contributed by atoms with van der Waals surface area (Å²) >= 11 is 3.31. The topological polar surface area (TPSA) is 81.7 Å². The van der Waals surface area contributed by atoms with Gasteiger partial charge in [0, 0.05) is 22.3 Å². The fourth-order valence-electron chi connectivity index (χ4n) is 2.11. The highest BCUT2D eigenvalue weighted by Crippen LogP contribution is 2.20. The number of rotatable bonds is 6. The second kappa shape index (κ2) is 8.96. The Morgan fingerprint density at radius 3 is 2.15 bits per heavy atom. The summed E-state index contributed by atoms with van der Waals surface area (Å²) in [5.74, 6) is -1.33. The van der Waals surface area contributed by atoms with Gasteiger partial charge in [0.25, 0.3) is 0 Å². The first-order chi connectivity index (χ1) is 12.5. The highest BCUT2D eigenvalue weighted by Gasteiger charge is 2.15. The molecular weight excluding hydrogens is 402 g/mol. The number of halogens is 1. The lowest BCUT2D eigenvalue weighted by Gasteiger charge is -2.09. The SMILES string of the molecule is COC(=O)c1ccc(C(=O)OC)c(N/C=C/C(=O)c2ccc(Br)cc2)c1. The lowest BCUT2D eigenvalue weighted by Crippen LogP contribution is -2.08. The quantitative estimate of drug-likeness (QED) is 0.436. The van der Waals surface area contributed by atoms with Crippen LogP contribution in [0.3, 0.4) is 0 Å². The molecule has 0 atom stereocenters. The maximum atomic E-state index is 12.1. The fraction of sp³-hybridized carbons (Fsp3) is 0.105. The van der Waals surface area contributed by atoms with Crippen LogP contribution in [0.4, 0.5) is 5.69 Å². The number of anilines is 1. The molecule has 0 saturated heterocycles. The normalized spacial score (nSPS) is 10.4. The summed E-state index contributed by atoms with van der Waals surface area (Å²) in [6.07, 6.45) is 2.72. The molecule has 0 aromatic heterocycles. The maximum absolute atomic E-state index is 12.1. The Labute approximate surface area is 158 Å². The lowest BCUT2D eigenvalue weighted by molar-refractivity contribution is 0.0587. The van der Waals surface area contributed by atoms with Gasteiger partial charge in [-0.25, -0.2) is 9.59 Å². The van der Waals surface area contributed by atoms with Gasteiger partial charge >= 0.3 is 11.9 Å². The van der Waals surface area contributed by atoms with Crippen LogP contribution in [-0.4, -0.2) is 31.9 Å². The van der Waals surface area contributed by atoms with Crippen LogP contribution < -0.4 is 5.32 Å². The van der Waals surface area contributed by atoms with Crippen LogP contribution >= 0.6 is 15.9 Å². The highest BCUT2D eigenvalue weighted by molar-refractivity contribution is 9.10. The summed E-state index contributed by atoms with van der Waals surface area (Å²) in [6.45, 7) is 0. The number of esters is 2. The number of carbonyl (C=O) groups is 3. The standard InChI is InChI=1S/C19H16BrNO5/c1-25-18(23)13-5-8-15(19(24)26-2)16(11-13)21-10-9-17(22)12-3-6-14(20)7-4-12/h3-11,21H,1-2H3/b10-9+. The number of ketones is 1. The Morgan fingerprint density at radius 2 is 1.54 bits per heavy atom. The number of allylic oxidation sites excluding steroid dienone is 1. The second-order valence-corrected chi connectivity index (χ2v) is 6.01. The number of carbonyl (C=O) groups excluding carboxylic acids is 3. The number of hydrogen-bond acceptors (Lipinski definition) is 6. The first kappa shape index (κ1) is 19.4. The zero-order valence-corrected chi connectivity index (χ0v) is 15.7. The van der Waals surface area contributed by atoms with E-state index in [4.69, 9.17) is 4.74 Å². The van der Waals surface area contributed by atoms with Crippen molar-refractivity contribution in [3.63, 3.8) is 0 Å². The molecule has 0 fully saturated rings. The van der Waals surface area contributed by atoms with Crippen LogP contribution in [0.1, 0.15) is 31.1 Å². The first-order valence-corrected chi connectivity index (χ1v) is 8.29. The monoisotopic (exact) mass is 417 g/mol. The van der Waals surface area contributed by atoms with Gasteiger partial charge in [-0.15, -0.1) is 0 Å². The number of methoxy groups -OCH3 is 2. The molecule has 0 spiro atoms. The summed E-state index contributed by atoms with van der Waals surface area (Å²) in [7, 11) is 2.52. The molecule has 0 aliphatic heterocycles. The van der Waals surface area contributed by atoms with Gasteiger partial charge in [0.15, 0.2) is 5.78 Å².